The minimum absolute atomic E-state index is 0.576. The highest BCUT2D eigenvalue weighted by Crippen LogP contribution is 1.92. The summed E-state index contributed by atoms with van der Waals surface area (Å²) in [7, 11) is 1.51. The van der Waals surface area contributed by atoms with E-state index in [-0.39, 0.29) is 0 Å². The fraction of sp³-hybridized carbons (Fsp3) is 0.333. The van der Waals surface area contributed by atoms with E-state index in [9.17, 15) is 0 Å². The van der Waals surface area contributed by atoms with Crippen molar-refractivity contribution in [3.63, 3.8) is 0 Å². The van der Waals surface area contributed by atoms with Crippen LogP contribution in [0.2, 0.25) is 0 Å². The van der Waals surface area contributed by atoms with Gasteiger partial charge >= 0.3 is 0 Å². The van der Waals surface area contributed by atoms with E-state index in [1.165, 1.54) is 13.3 Å². The molecule has 0 amide bonds. The lowest BCUT2D eigenvalue weighted by Crippen LogP contribution is -1.94. The van der Waals surface area contributed by atoms with Gasteiger partial charge in [0.2, 0.25) is 0 Å². The number of aromatic amines is 1. The van der Waals surface area contributed by atoms with E-state index >= 15 is 0 Å². The van der Waals surface area contributed by atoms with E-state index < -0.39 is 0 Å². The van der Waals surface area contributed by atoms with Gasteiger partial charge in [-0.25, -0.2) is 5.48 Å². The van der Waals surface area contributed by atoms with E-state index in [4.69, 9.17) is 0 Å². The van der Waals surface area contributed by atoms with Gasteiger partial charge in [-0.1, -0.05) is 0 Å². The Balaban J connectivity index is 2.50. The van der Waals surface area contributed by atoms with Crippen LogP contribution in [0, 0.1) is 0 Å². The Morgan fingerprint density at radius 3 is 3.25 bits per heavy atom. The highest BCUT2D eigenvalue weighted by Gasteiger charge is 1.87. The van der Waals surface area contributed by atoms with E-state index in [2.05, 4.69) is 25.7 Å². The van der Waals surface area contributed by atoms with Crippen molar-refractivity contribution in [1.82, 2.24) is 15.4 Å². The Bertz CT molecular complexity index is 137. The molecule has 0 bridgehead atoms. The zero-order valence-corrected chi connectivity index (χ0v) is 4.38. The molecular weight excluding hydrogens is 108 g/mol. The third-order valence-corrected chi connectivity index (χ3v) is 0.622. The standard InChI is InChI=1S/C3H6N4O/c1-8-6-3-2-4-7-5-3/h2H,1H3,(H2,4,5,6,7). The summed E-state index contributed by atoms with van der Waals surface area (Å²) in [6.07, 6.45) is 1.52. The molecule has 2 N–H and O–H groups in total. The molecule has 0 spiro atoms. The van der Waals surface area contributed by atoms with Gasteiger partial charge in [-0.15, -0.1) is 5.10 Å². The van der Waals surface area contributed by atoms with Gasteiger partial charge in [0.1, 0.15) is 0 Å². The van der Waals surface area contributed by atoms with Crippen molar-refractivity contribution >= 4 is 5.82 Å². The SMILES string of the molecule is CONc1cn[nH]n1. The van der Waals surface area contributed by atoms with E-state index in [1.807, 2.05) is 0 Å². The number of anilines is 1. The molecule has 1 aromatic rings. The van der Waals surface area contributed by atoms with E-state index in [0.29, 0.717) is 5.82 Å². The molecule has 0 atom stereocenters. The molecule has 0 radical (unpaired) electrons. The first kappa shape index (κ1) is 5.04. The molecule has 1 rings (SSSR count). The Kier molecular flexibility index (Phi) is 1.43. The Hall–Kier alpha value is -1.10. The Morgan fingerprint density at radius 1 is 1.88 bits per heavy atom. The summed E-state index contributed by atoms with van der Waals surface area (Å²) in [4.78, 5) is 4.51. The fourth-order valence-corrected chi connectivity index (χ4v) is 0.355. The number of nitrogens with zero attached hydrogens (tertiary/aromatic N) is 2. The first-order valence-corrected chi connectivity index (χ1v) is 2.08. The molecule has 0 saturated heterocycles. The maximum absolute atomic E-state index is 4.51. The van der Waals surface area contributed by atoms with Crippen molar-refractivity contribution in [3.05, 3.63) is 6.20 Å². The molecule has 44 valence electrons. The lowest BCUT2D eigenvalue weighted by atomic mass is 10.8. The number of nitrogens with one attached hydrogen (secondary N) is 2. The molecule has 0 aromatic carbocycles. The summed E-state index contributed by atoms with van der Waals surface area (Å²) in [5, 5.41) is 9.57. The van der Waals surface area contributed by atoms with Crippen LogP contribution in [0.5, 0.6) is 0 Å². The fourth-order valence-electron chi connectivity index (χ4n) is 0.355. The van der Waals surface area contributed by atoms with Crippen LogP contribution in [0.1, 0.15) is 0 Å². The molecule has 1 heterocycles. The Labute approximate surface area is 46.0 Å². The van der Waals surface area contributed by atoms with Crippen molar-refractivity contribution in [2.45, 2.75) is 0 Å². The number of hydrogen-bond donors (Lipinski definition) is 2. The normalized spacial score (nSPS) is 9.12. The summed E-state index contributed by atoms with van der Waals surface area (Å²) in [5.74, 6) is 0.576. The first-order chi connectivity index (χ1) is 3.93. The van der Waals surface area contributed by atoms with Gasteiger partial charge in [-0.2, -0.15) is 10.3 Å². The van der Waals surface area contributed by atoms with Crippen molar-refractivity contribution in [2.24, 2.45) is 0 Å². The number of hydrogen-bond acceptors (Lipinski definition) is 4. The molecule has 8 heavy (non-hydrogen) atoms. The molecule has 0 aliphatic heterocycles. The molecule has 0 fully saturated rings. The minimum Gasteiger partial charge on any atom is -0.278 e. The lowest BCUT2D eigenvalue weighted by Gasteiger charge is -1.91. The number of aromatic nitrogens is 3. The van der Waals surface area contributed by atoms with Crippen LogP contribution >= 0.6 is 0 Å². The van der Waals surface area contributed by atoms with E-state index in [0.717, 1.165) is 0 Å². The van der Waals surface area contributed by atoms with Crippen LogP contribution in [-0.2, 0) is 4.84 Å². The third kappa shape index (κ3) is 0.941. The van der Waals surface area contributed by atoms with Crippen molar-refractivity contribution in [2.75, 3.05) is 12.6 Å². The van der Waals surface area contributed by atoms with Crippen LogP contribution in [0.25, 0.3) is 0 Å². The van der Waals surface area contributed by atoms with Crippen molar-refractivity contribution in [1.29, 1.82) is 0 Å². The van der Waals surface area contributed by atoms with Crippen LogP contribution < -0.4 is 5.48 Å². The van der Waals surface area contributed by atoms with E-state index in [1.54, 1.807) is 0 Å². The monoisotopic (exact) mass is 114 g/mol. The molecule has 0 saturated carbocycles. The summed E-state index contributed by atoms with van der Waals surface area (Å²) < 4.78 is 0. The smallest absolute Gasteiger partial charge is 0.191 e. The number of H-pyrrole nitrogens is 1. The zero-order chi connectivity index (χ0) is 5.82. The molecule has 5 nitrogen and oxygen atoms in total. The van der Waals surface area contributed by atoms with Gasteiger partial charge in [-0.05, 0) is 0 Å². The molecule has 0 aliphatic carbocycles. The predicted molar refractivity (Wildman–Crippen MR) is 27.0 cm³/mol. The van der Waals surface area contributed by atoms with Gasteiger partial charge < -0.3 is 0 Å². The van der Waals surface area contributed by atoms with Crippen LogP contribution in [-0.4, -0.2) is 22.5 Å². The summed E-state index contributed by atoms with van der Waals surface area (Å²) >= 11 is 0. The third-order valence-electron chi connectivity index (χ3n) is 0.622. The van der Waals surface area contributed by atoms with Gasteiger partial charge in [0, 0.05) is 0 Å². The molecule has 1 aromatic heterocycles. The Morgan fingerprint density at radius 2 is 2.75 bits per heavy atom. The number of rotatable bonds is 2. The van der Waals surface area contributed by atoms with Crippen LogP contribution in [0.4, 0.5) is 5.82 Å². The minimum atomic E-state index is 0.576. The second-order valence-electron chi connectivity index (χ2n) is 1.16. The second-order valence-corrected chi connectivity index (χ2v) is 1.16. The lowest BCUT2D eigenvalue weighted by molar-refractivity contribution is 0.269. The highest BCUT2D eigenvalue weighted by molar-refractivity contribution is 5.24. The maximum Gasteiger partial charge on any atom is 0.191 e. The van der Waals surface area contributed by atoms with Gasteiger partial charge in [0.25, 0.3) is 0 Å². The summed E-state index contributed by atoms with van der Waals surface area (Å²) in [6, 6.07) is 0. The molecule has 0 unspecified atom stereocenters. The largest absolute Gasteiger partial charge is 0.278 e. The van der Waals surface area contributed by atoms with Gasteiger partial charge in [0.15, 0.2) is 5.82 Å². The average Bonchev–Trinajstić information content (AvgIpc) is 2.19. The summed E-state index contributed by atoms with van der Waals surface area (Å²) in [6.45, 7) is 0. The van der Waals surface area contributed by atoms with Gasteiger partial charge in [-0.3, -0.25) is 4.84 Å². The maximum atomic E-state index is 4.51. The second kappa shape index (κ2) is 2.27. The zero-order valence-electron chi connectivity index (χ0n) is 4.38. The van der Waals surface area contributed by atoms with Crippen molar-refractivity contribution in [3.8, 4) is 0 Å². The molecular formula is C3H6N4O. The summed E-state index contributed by atoms with van der Waals surface area (Å²) in [5.41, 5.74) is 2.48. The topological polar surface area (TPSA) is 62.8 Å². The van der Waals surface area contributed by atoms with Crippen molar-refractivity contribution < 1.29 is 4.84 Å². The molecule has 0 aliphatic rings. The first-order valence-electron chi connectivity index (χ1n) is 2.08. The quantitative estimate of drug-likeness (QED) is 0.521. The molecule has 5 heteroatoms. The predicted octanol–water partition coefficient (Wildman–Crippen LogP) is -0.222. The van der Waals surface area contributed by atoms with Crippen LogP contribution in [0.3, 0.4) is 0 Å². The van der Waals surface area contributed by atoms with Gasteiger partial charge in [0.05, 0.1) is 13.3 Å². The average molecular weight is 114 g/mol. The highest BCUT2D eigenvalue weighted by atomic mass is 16.6. The van der Waals surface area contributed by atoms with Crippen LogP contribution in [0.15, 0.2) is 6.20 Å².